The van der Waals surface area contributed by atoms with E-state index in [9.17, 15) is 9.59 Å². The van der Waals surface area contributed by atoms with Crippen LogP contribution < -0.4 is 9.47 Å². The summed E-state index contributed by atoms with van der Waals surface area (Å²) < 4.78 is 11.1. The summed E-state index contributed by atoms with van der Waals surface area (Å²) >= 11 is 0. The molecule has 3 aromatic rings. The topological polar surface area (TPSA) is 71.6 Å². The number of nitrogens with zero attached hydrogens (tertiary/aromatic N) is 1. The van der Waals surface area contributed by atoms with Gasteiger partial charge < -0.3 is 19.4 Å². The number of rotatable bonds is 5. The fourth-order valence-corrected chi connectivity index (χ4v) is 4.79. The van der Waals surface area contributed by atoms with E-state index in [1.54, 1.807) is 14.2 Å². The number of ether oxygens (including phenoxy) is 2. The molecule has 1 aliphatic rings. The molecule has 6 heteroatoms. The zero-order chi connectivity index (χ0) is 23.0. The summed E-state index contributed by atoms with van der Waals surface area (Å²) in [4.78, 5) is 31.0. The lowest BCUT2D eigenvalue weighted by atomic mass is 9.87. The number of benzene rings is 2. The van der Waals surface area contributed by atoms with Gasteiger partial charge in [0.1, 0.15) is 5.69 Å². The number of ketones is 1. The molecule has 1 atom stereocenters. The van der Waals surface area contributed by atoms with Crippen LogP contribution in [0.4, 0.5) is 0 Å². The monoisotopic (exact) mass is 432 g/mol. The molecule has 6 nitrogen and oxygen atoms in total. The predicted octanol–water partition coefficient (Wildman–Crippen LogP) is 4.64. The molecule has 2 aromatic carbocycles. The molecular weight excluding hydrogens is 404 g/mol. The van der Waals surface area contributed by atoms with Gasteiger partial charge in [0.15, 0.2) is 17.3 Å². The van der Waals surface area contributed by atoms with E-state index in [1.807, 2.05) is 61.2 Å². The quantitative estimate of drug-likeness (QED) is 0.596. The van der Waals surface area contributed by atoms with Crippen molar-refractivity contribution in [3.05, 3.63) is 81.7 Å². The maximum absolute atomic E-state index is 13.8. The summed E-state index contributed by atoms with van der Waals surface area (Å²) in [7, 11) is 3.24. The zero-order valence-corrected chi connectivity index (χ0v) is 19.1. The van der Waals surface area contributed by atoms with E-state index >= 15 is 0 Å². The van der Waals surface area contributed by atoms with Crippen molar-refractivity contribution < 1.29 is 19.1 Å². The van der Waals surface area contributed by atoms with Crippen molar-refractivity contribution in [1.82, 2.24) is 9.88 Å². The van der Waals surface area contributed by atoms with E-state index in [0.717, 1.165) is 22.4 Å². The Morgan fingerprint density at radius 3 is 2.28 bits per heavy atom. The molecule has 0 saturated heterocycles. The van der Waals surface area contributed by atoms with Crippen molar-refractivity contribution in [2.75, 3.05) is 20.8 Å². The van der Waals surface area contributed by atoms with Gasteiger partial charge in [-0.15, -0.1) is 0 Å². The molecule has 32 heavy (non-hydrogen) atoms. The lowest BCUT2D eigenvalue weighted by Crippen LogP contribution is -2.41. The van der Waals surface area contributed by atoms with Crippen molar-refractivity contribution in [2.45, 2.75) is 33.2 Å². The third-order valence-corrected chi connectivity index (χ3v) is 6.25. The normalized spacial score (nSPS) is 15.3. The van der Waals surface area contributed by atoms with Crippen molar-refractivity contribution in [2.24, 2.45) is 0 Å². The first-order valence-corrected chi connectivity index (χ1v) is 10.7. The van der Waals surface area contributed by atoms with Gasteiger partial charge in [0.25, 0.3) is 5.91 Å². The van der Waals surface area contributed by atoms with Gasteiger partial charge in [-0.1, -0.05) is 30.3 Å². The van der Waals surface area contributed by atoms with Gasteiger partial charge in [0.05, 0.1) is 20.3 Å². The number of Topliss-reactive ketones (excluding diaryl/α,β-unsaturated/α-hetero) is 1. The van der Waals surface area contributed by atoms with Crippen LogP contribution in [0.3, 0.4) is 0 Å². The number of hydrogen-bond acceptors (Lipinski definition) is 4. The van der Waals surface area contributed by atoms with Gasteiger partial charge in [0.2, 0.25) is 0 Å². The highest BCUT2D eigenvalue weighted by atomic mass is 16.5. The first kappa shape index (κ1) is 21.7. The van der Waals surface area contributed by atoms with Crippen LogP contribution in [0, 0.1) is 13.8 Å². The molecule has 1 N–H and O–H groups in total. The van der Waals surface area contributed by atoms with Gasteiger partial charge in [-0.25, -0.2) is 0 Å². The zero-order valence-electron chi connectivity index (χ0n) is 19.1. The number of aryl methyl sites for hydroxylation is 1. The molecule has 0 bridgehead atoms. The van der Waals surface area contributed by atoms with Gasteiger partial charge in [0, 0.05) is 17.8 Å². The summed E-state index contributed by atoms with van der Waals surface area (Å²) in [5, 5.41) is 0. The van der Waals surface area contributed by atoms with E-state index in [2.05, 4.69) is 4.98 Å². The Balaban J connectivity index is 1.85. The van der Waals surface area contributed by atoms with Crippen LogP contribution in [-0.2, 0) is 6.42 Å². The lowest BCUT2D eigenvalue weighted by molar-refractivity contribution is 0.0688. The van der Waals surface area contributed by atoms with Crippen molar-refractivity contribution in [1.29, 1.82) is 0 Å². The van der Waals surface area contributed by atoms with Crippen LogP contribution in [-0.4, -0.2) is 42.3 Å². The number of aromatic nitrogens is 1. The Morgan fingerprint density at radius 1 is 1.03 bits per heavy atom. The Bertz CT molecular complexity index is 1180. The standard InChI is InChI=1S/C26H28N2O4/c1-15-23(17(3)29)16(2)27-24(15)26(30)28-12-11-19-13-21(31-4)22(32-5)14-20(19)25(28)18-9-7-6-8-10-18/h6-10,13-14,25,27H,11-12H2,1-5H3/t25-/m0/s1. The molecule has 1 aliphatic heterocycles. The van der Waals surface area contributed by atoms with Gasteiger partial charge >= 0.3 is 0 Å². The molecule has 0 unspecified atom stereocenters. The number of methoxy groups -OCH3 is 2. The minimum absolute atomic E-state index is 0.0456. The van der Waals surface area contributed by atoms with Crippen LogP contribution in [0.25, 0.3) is 0 Å². The third-order valence-electron chi connectivity index (χ3n) is 6.25. The first-order valence-electron chi connectivity index (χ1n) is 10.7. The summed E-state index contributed by atoms with van der Waals surface area (Å²) in [6, 6.07) is 13.7. The van der Waals surface area contributed by atoms with Gasteiger partial charge in [-0.05, 0) is 61.6 Å². The SMILES string of the molecule is COc1cc2c(cc1OC)[C@H](c1ccccc1)N(C(=O)c1[nH]c(C)c(C(C)=O)c1C)CC2. The Hall–Kier alpha value is -3.54. The highest BCUT2D eigenvalue weighted by molar-refractivity contribution is 6.02. The van der Waals surface area contributed by atoms with Crippen molar-refractivity contribution in [3.63, 3.8) is 0 Å². The molecule has 166 valence electrons. The molecule has 0 radical (unpaired) electrons. The van der Waals surface area contributed by atoms with E-state index in [-0.39, 0.29) is 17.7 Å². The third kappa shape index (κ3) is 3.55. The largest absolute Gasteiger partial charge is 0.493 e. The average Bonchev–Trinajstić information content (AvgIpc) is 3.11. The summed E-state index contributed by atoms with van der Waals surface area (Å²) in [6.45, 7) is 5.74. The van der Waals surface area contributed by atoms with Crippen LogP contribution >= 0.6 is 0 Å². The van der Waals surface area contributed by atoms with E-state index < -0.39 is 0 Å². The molecule has 0 aliphatic carbocycles. The van der Waals surface area contributed by atoms with Crippen molar-refractivity contribution in [3.8, 4) is 11.5 Å². The second-order valence-corrected chi connectivity index (χ2v) is 8.15. The molecule has 1 amide bonds. The smallest absolute Gasteiger partial charge is 0.271 e. The highest BCUT2D eigenvalue weighted by Crippen LogP contribution is 2.41. The minimum atomic E-state index is -0.281. The molecule has 0 spiro atoms. The van der Waals surface area contributed by atoms with Gasteiger partial charge in [-0.2, -0.15) is 0 Å². The van der Waals surface area contributed by atoms with E-state index in [4.69, 9.17) is 9.47 Å². The predicted molar refractivity (Wildman–Crippen MR) is 123 cm³/mol. The van der Waals surface area contributed by atoms with Crippen LogP contribution in [0.1, 0.15) is 61.8 Å². The Kier molecular flexibility index (Phi) is 5.78. The first-order chi connectivity index (χ1) is 15.4. The maximum Gasteiger partial charge on any atom is 0.271 e. The molecule has 1 aromatic heterocycles. The van der Waals surface area contributed by atoms with Crippen LogP contribution in [0.15, 0.2) is 42.5 Å². The number of nitrogens with one attached hydrogen (secondary N) is 1. The second kappa shape index (κ2) is 8.54. The fraction of sp³-hybridized carbons (Fsp3) is 0.308. The summed E-state index contributed by atoms with van der Waals surface area (Å²) in [5.74, 6) is 1.15. The Labute approximate surface area is 188 Å². The van der Waals surface area contributed by atoms with Crippen molar-refractivity contribution >= 4 is 11.7 Å². The molecule has 0 fully saturated rings. The van der Waals surface area contributed by atoms with Crippen LogP contribution in [0.5, 0.6) is 11.5 Å². The lowest BCUT2D eigenvalue weighted by Gasteiger charge is -2.38. The molecule has 2 heterocycles. The number of carbonyl (C=O) groups is 2. The highest BCUT2D eigenvalue weighted by Gasteiger charge is 2.35. The fourth-order valence-electron chi connectivity index (χ4n) is 4.79. The number of fused-ring (bicyclic) bond motifs is 1. The molecular formula is C26H28N2O4. The number of hydrogen-bond donors (Lipinski definition) is 1. The Morgan fingerprint density at radius 2 is 1.69 bits per heavy atom. The molecule has 0 saturated carbocycles. The minimum Gasteiger partial charge on any atom is -0.493 e. The van der Waals surface area contributed by atoms with Crippen LogP contribution in [0.2, 0.25) is 0 Å². The second-order valence-electron chi connectivity index (χ2n) is 8.15. The number of aromatic amines is 1. The van der Waals surface area contributed by atoms with E-state index in [0.29, 0.717) is 41.3 Å². The van der Waals surface area contributed by atoms with Gasteiger partial charge in [-0.3, -0.25) is 9.59 Å². The number of H-pyrrole nitrogens is 1. The number of carbonyl (C=O) groups excluding carboxylic acids is 2. The number of amides is 1. The average molecular weight is 433 g/mol. The van der Waals surface area contributed by atoms with E-state index in [1.165, 1.54) is 6.92 Å². The molecule has 4 rings (SSSR count). The summed E-state index contributed by atoms with van der Waals surface area (Å²) in [6.07, 6.45) is 0.697. The maximum atomic E-state index is 13.8. The summed E-state index contributed by atoms with van der Waals surface area (Å²) in [5.41, 5.74) is 5.64.